The number of hydrogen-bond acceptors (Lipinski definition) is 5. The molecule has 0 bridgehead atoms. The topological polar surface area (TPSA) is 58.9 Å². The molecule has 0 saturated heterocycles. The monoisotopic (exact) mass is 276 g/mol. The molecule has 1 atom stereocenters. The standard InChI is InChI=1S/C14H24N6/c1-6-10(2)8-19(4)9-12-17-13(15-3)11-7-16-20(5)14(11)18-12/h7,10H,6,8-9H2,1-5H3,(H,15,17,18). The zero-order valence-corrected chi connectivity index (χ0v) is 13.0. The molecular weight excluding hydrogens is 252 g/mol. The van der Waals surface area contributed by atoms with E-state index in [1.165, 1.54) is 6.42 Å². The van der Waals surface area contributed by atoms with Gasteiger partial charge >= 0.3 is 0 Å². The van der Waals surface area contributed by atoms with Crippen LogP contribution in [0.5, 0.6) is 0 Å². The second-order valence-corrected chi connectivity index (χ2v) is 5.45. The highest BCUT2D eigenvalue weighted by molar-refractivity contribution is 5.86. The third kappa shape index (κ3) is 3.07. The maximum Gasteiger partial charge on any atom is 0.163 e. The number of fused-ring (bicyclic) bond motifs is 1. The summed E-state index contributed by atoms with van der Waals surface area (Å²) >= 11 is 0. The largest absolute Gasteiger partial charge is 0.372 e. The Bertz CT molecular complexity index is 576. The SMILES string of the molecule is CCC(C)CN(C)Cc1nc(NC)c2cnn(C)c2n1. The fourth-order valence-corrected chi connectivity index (χ4v) is 2.30. The van der Waals surface area contributed by atoms with Gasteiger partial charge in [-0.15, -0.1) is 0 Å². The second-order valence-electron chi connectivity index (χ2n) is 5.45. The van der Waals surface area contributed by atoms with Gasteiger partial charge in [0.15, 0.2) is 5.65 Å². The van der Waals surface area contributed by atoms with Gasteiger partial charge in [-0.25, -0.2) is 9.97 Å². The summed E-state index contributed by atoms with van der Waals surface area (Å²) in [5, 5.41) is 8.33. The van der Waals surface area contributed by atoms with Crippen molar-refractivity contribution in [2.75, 3.05) is 26.0 Å². The van der Waals surface area contributed by atoms with Crippen LogP contribution < -0.4 is 5.32 Å². The lowest BCUT2D eigenvalue weighted by Crippen LogP contribution is -2.25. The molecule has 0 fully saturated rings. The number of anilines is 1. The summed E-state index contributed by atoms with van der Waals surface area (Å²) in [6.07, 6.45) is 2.99. The minimum atomic E-state index is 0.684. The summed E-state index contributed by atoms with van der Waals surface area (Å²) in [5.74, 6) is 2.36. The van der Waals surface area contributed by atoms with E-state index in [-0.39, 0.29) is 0 Å². The number of nitrogens with zero attached hydrogens (tertiary/aromatic N) is 5. The van der Waals surface area contributed by atoms with Crippen LogP contribution in [0.1, 0.15) is 26.1 Å². The molecule has 0 aliphatic rings. The molecule has 6 nitrogen and oxygen atoms in total. The van der Waals surface area contributed by atoms with Crippen molar-refractivity contribution < 1.29 is 0 Å². The van der Waals surface area contributed by atoms with Gasteiger partial charge in [0, 0.05) is 20.6 Å². The molecule has 2 aromatic rings. The molecule has 6 heteroatoms. The first-order valence-electron chi connectivity index (χ1n) is 7.10. The Hall–Kier alpha value is -1.69. The van der Waals surface area contributed by atoms with Crippen LogP contribution in [0.25, 0.3) is 11.0 Å². The first-order valence-corrected chi connectivity index (χ1v) is 7.10. The summed E-state index contributed by atoms with van der Waals surface area (Å²) in [7, 11) is 5.89. The van der Waals surface area contributed by atoms with Crippen molar-refractivity contribution in [2.45, 2.75) is 26.8 Å². The number of nitrogens with one attached hydrogen (secondary N) is 1. The molecule has 0 radical (unpaired) electrons. The smallest absolute Gasteiger partial charge is 0.163 e. The Labute approximate surface area is 120 Å². The van der Waals surface area contributed by atoms with Crippen LogP contribution in [-0.2, 0) is 13.6 Å². The molecule has 20 heavy (non-hydrogen) atoms. The van der Waals surface area contributed by atoms with E-state index in [0.29, 0.717) is 5.92 Å². The summed E-state index contributed by atoms with van der Waals surface area (Å²) in [6.45, 7) is 6.29. The van der Waals surface area contributed by atoms with Gasteiger partial charge in [0.05, 0.1) is 18.1 Å². The minimum Gasteiger partial charge on any atom is -0.372 e. The molecule has 0 aromatic carbocycles. The Morgan fingerprint density at radius 3 is 2.80 bits per heavy atom. The predicted molar refractivity (Wildman–Crippen MR) is 81.6 cm³/mol. The highest BCUT2D eigenvalue weighted by Crippen LogP contribution is 2.19. The number of rotatable bonds is 6. The first kappa shape index (κ1) is 14.7. The van der Waals surface area contributed by atoms with Gasteiger partial charge in [-0.2, -0.15) is 5.10 Å². The normalized spacial score (nSPS) is 13.1. The van der Waals surface area contributed by atoms with Crippen molar-refractivity contribution in [3.63, 3.8) is 0 Å². The van der Waals surface area contributed by atoms with E-state index >= 15 is 0 Å². The third-order valence-corrected chi connectivity index (χ3v) is 3.61. The predicted octanol–water partition coefficient (Wildman–Crippen LogP) is 1.88. The van der Waals surface area contributed by atoms with Crippen molar-refractivity contribution in [2.24, 2.45) is 13.0 Å². The maximum atomic E-state index is 4.62. The number of aryl methyl sites for hydroxylation is 1. The van der Waals surface area contributed by atoms with Gasteiger partial charge < -0.3 is 5.32 Å². The van der Waals surface area contributed by atoms with Gasteiger partial charge in [0.25, 0.3) is 0 Å². The molecule has 0 spiro atoms. The van der Waals surface area contributed by atoms with Crippen LogP contribution in [0.15, 0.2) is 6.20 Å². The summed E-state index contributed by atoms with van der Waals surface area (Å²) in [6, 6.07) is 0. The zero-order valence-electron chi connectivity index (χ0n) is 13.0. The Morgan fingerprint density at radius 2 is 2.15 bits per heavy atom. The highest BCUT2D eigenvalue weighted by atomic mass is 15.3. The minimum absolute atomic E-state index is 0.684. The molecule has 0 aliphatic carbocycles. The fraction of sp³-hybridized carbons (Fsp3) is 0.643. The van der Waals surface area contributed by atoms with Crippen LogP contribution in [0, 0.1) is 5.92 Å². The van der Waals surface area contributed by atoms with Crippen molar-refractivity contribution in [3.8, 4) is 0 Å². The second kappa shape index (κ2) is 6.17. The maximum absolute atomic E-state index is 4.62. The van der Waals surface area contributed by atoms with Gasteiger partial charge in [0.1, 0.15) is 11.6 Å². The van der Waals surface area contributed by atoms with Crippen LogP contribution in [0.4, 0.5) is 5.82 Å². The van der Waals surface area contributed by atoms with Gasteiger partial charge in [-0.05, 0) is 13.0 Å². The fourth-order valence-electron chi connectivity index (χ4n) is 2.30. The number of aromatic nitrogens is 4. The van der Waals surface area contributed by atoms with E-state index in [2.05, 4.69) is 46.2 Å². The van der Waals surface area contributed by atoms with E-state index in [4.69, 9.17) is 0 Å². The van der Waals surface area contributed by atoms with E-state index in [9.17, 15) is 0 Å². The average molecular weight is 276 g/mol. The Kier molecular flexibility index (Phi) is 4.54. The van der Waals surface area contributed by atoms with E-state index in [1.807, 2.05) is 14.1 Å². The third-order valence-electron chi connectivity index (χ3n) is 3.61. The molecule has 2 aromatic heterocycles. The summed E-state index contributed by atoms with van der Waals surface area (Å²) in [5.41, 5.74) is 0.872. The average Bonchev–Trinajstić information content (AvgIpc) is 2.79. The van der Waals surface area contributed by atoms with E-state index < -0.39 is 0 Å². The lowest BCUT2D eigenvalue weighted by atomic mass is 10.1. The lowest BCUT2D eigenvalue weighted by molar-refractivity contribution is 0.269. The first-order chi connectivity index (χ1) is 9.55. The Balaban J connectivity index is 2.23. The number of hydrogen-bond donors (Lipinski definition) is 1. The molecule has 110 valence electrons. The molecule has 2 heterocycles. The highest BCUT2D eigenvalue weighted by Gasteiger charge is 2.12. The lowest BCUT2D eigenvalue weighted by Gasteiger charge is -2.19. The zero-order chi connectivity index (χ0) is 14.7. The Morgan fingerprint density at radius 1 is 1.40 bits per heavy atom. The summed E-state index contributed by atoms with van der Waals surface area (Å²) in [4.78, 5) is 11.5. The van der Waals surface area contributed by atoms with Gasteiger partial charge in [0.2, 0.25) is 0 Å². The van der Waals surface area contributed by atoms with Crippen LogP contribution >= 0.6 is 0 Å². The van der Waals surface area contributed by atoms with Crippen molar-refractivity contribution in [3.05, 3.63) is 12.0 Å². The van der Waals surface area contributed by atoms with Crippen molar-refractivity contribution in [1.82, 2.24) is 24.6 Å². The van der Waals surface area contributed by atoms with Gasteiger partial charge in [-0.1, -0.05) is 20.3 Å². The van der Waals surface area contributed by atoms with E-state index in [0.717, 1.165) is 35.8 Å². The molecule has 0 saturated carbocycles. The van der Waals surface area contributed by atoms with Crippen LogP contribution in [0.3, 0.4) is 0 Å². The molecule has 0 amide bonds. The molecule has 1 unspecified atom stereocenters. The van der Waals surface area contributed by atoms with Crippen molar-refractivity contribution in [1.29, 1.82) is 0 Å². The van der Waals surface area contributed by atoms with E-state index in [1.54, 1.807) is 10.9 Å². The summed E-state index contributed by atoms with van der Waals surface area (Å²) < 4.78 is 1.79. The molecule has 1 N–H and O–H groups in total. The van der Waals surface area contributed by atoms with Crippen LogP contribution in [0.2, 0.25) is 0 Å². The van der Waals surface area contributed by atoms with Crippen molar-refractivity contribution >= 4 is 16.9 Å². The quantitative estimate of drug-likeness (QED) is 0.873. The van der Waals surface area contributed by atoms with Gasteiger partial charge in [-0.3, -0.25) is 9.58 Å². The molecule has 2 rings (SSSR count). The molecular formula is C14H24N6. The van der Waals surface area contributed by atoms with Crippen LogP contribution in [-0.4, -0.2) is 45.3 Å². The molecule has 0 aliphatic heterocycles.